The monoisotopic (exact) mass is 326 g/mol. The van der Waals surface area contributed by atoms with Gasteiger partial charge in [-0.05, 0) is 67.8 Å². The summed E-state index contributed by atoms with van der Waals surface area (Å²) in [6.07, 6.45) is 5.81. The molecule has 4 heteroatoms. The molecule has 3 nitrogen and oxygen atoms in total. The highest BCUT2D eigenvalue weighted by Crippen LogP contribution is 2.25. The summed E-state index contributed by atoms with van der Waals surface area (Å²) in [5.41, 5.74) is 0.760. The zero-order valence-electron chi connectivity index (χ0n) is 11.8. The van der Waals surface area contributed by atoms with Gasteiger partial charge in [-0.3, -0.25) is 9.88 Å². The first kappa shape index (κ1) is 14.9. The van der Waals surface area contributed by atoms with Gasteiger partial charge in [0, 0.05) is 28.3 Å². The number of aromatic nitrogens is 1. The Morgan fingerprint density at radius 1 is 1.32 bits per heavy atom. The van der Waals surface area contributed by atoms with Gasteiger partial charge in [0.05, 0.1) is 6.10 Å². The topological polar surface area (TPSA) is 36.4 Å². The maximum atomic E-state index is 10.6. The third-order valence-corrected chi connectivity index (χ3v) is 4.65. The van der Waals surface area contributed by atoms with Gasteiger partial charge in [-0.2, -0.15) is 0 Å². The molecule has 1 unspecified atom stereocenters. The molecule has 1 aromatic heterocycles. The van der Waals surface area contributed by atoms with E-state index in [4.69, 9.17) is 0 Å². The number of piperidine rings is 1. The van der Waals surface area contributed by atoms with Gasteiger partial charge in [-0.15, -0.1) is 0 Å². The van der Waals surface area contributed by atoms with Gasteiger partial charge in [0.25, 0.3) is 0 Å². The van der Waals surface area contributed by atoms with Crippen molar-refractivity contribution in [1.29, 1.82) is 0 Å². The molecule has 1 aromatic rings. The smallest absolute Gasteiger partial charge is 0.0773 e. The second kappa shape index (κ2) is 6.33. The highest BCUT2D eigenvalue weighted by Gasteiger charge is 2.35. The average molecular weight is 327 g/mol. The zero-order valence-corrected chi connectivity index (χ0v) is 13.4. The summed E-state index contributed by atoms with van der Waals surface area (Å²) in [7, 11) is 0. The first-order valence-corrected chi connectivity index (χ1v) is 7.83. The first-order valence-electron chi connectivity index (χ1n) is 7.03. The van der Waals surface area contributed by atoms with Gasteiger partial charge >= 0.3 is 0 Å². The molecular formula is C15H23BrN2O. The Bertz CT molecular complexity index is 399. The van der Waals surface area contributed by atoms with E-state index in [1.54, 1.807) is 6.20 Å². The maximum absolute atomic E-state index is 10.6. The highest BCUT2D eigenvalue weighted by atomic mass is 79.9. The van der Waals surface area contributed by atoms with Crippen molar-refractivity contribution in [2.75, 3.05) is 13.1 Å². The molecule has 1 atom stereocenters. The zero-order chi connectivity index (χ0) is 13.9. The molecule has 0 bridgehead atoms. The van der Waals surface area contributed by atoms with E-state index in [-0.39, 0.29) is 11.6 Å². The van der Waals surface area contributed by atoms with Gasteiger partial charge in [-0.25, -0.2) is 0 Å². The first-order chi connectivity index (χ1) is 9.00. The lowest BCUT2D eigenvalue weighted by atomic mass is 9.89. The summed E-state index contributed by atoms with van der Waals surface area (Å²) >= 11 is 3.38. The summed E-state index contributed by atoms with van der Waals surface area (Å²) < 4.78 is 0.973. The van der Waals surface area contributed by atoms with Crippen molar-refractivity contribution >= 4 is 15.9 Å². The summed E-state index contributed by atoms with van der Waals surface area (Å²) in [5.74, 6) is 0. The van der Waals surface area contributed by atoms with Crippen molar-refractivity contribution < 1.29 is 5.11 Å². The predicted molar refractivity (Wildman–Crippen MR) is 81.2 cm³/mol. The quantitative estimate of drug-likeness (QED) is 0.923. The van der Waals surface area contributed by atoms with Crippen molar-refractivity contribution in [3.8, 4) is 0 Å². The van der Waals surface area contributed by atoms with Crippen molar-refractivity contribution in [1.82, 2.24) is 9.88 Å². The van der Waals surface area contributed by atoms with Crippen LogP contribution in [-0.2, 0) is 6.42 Å². The minimum atomic E-state index is -0.390. The molecule has 0 spiro atoms. The van der Waals surface area contributed by atoms with Crippen LogP contribution >= 0.6 is 15.9 Å². The number of pyridine rings is 1. The molecule has 1 saturated heterocycles. The second-order valence-corrected chi connectivity index (χ2v) is 6.80. The fourth-order valence-electron chi connectivity index (χ4n) is 2.66. The number of hydrogen-bond donors (Lipinski definition) is 1. The van der Waals surface area contributed by atoms with Gasteiger partial charge in [0.1, 0.15) is 0 Å². The molecule has 19 heavy (non-hydrogen) atoms. The van der Waals surface area contributed by atoms with Crippen LogP contribution in [0.1, 0.15) is 38.8 Å². The lowest BCUT2D eigenvalue weighted by Gasteiger charge is -2.44. The van der Waals surface area contributed by atoms with E-state index in [0.717, 1.165) is 23.3 Å². The fraction of sp³-hybridized carbons (Fsp3) is 0.667. The van der Waals surface area contributed by atoms with Crippen LogP contribution in [0, 0.1) is 0 Å². The lowest BCUT2D eigenvalue weighted by molar-refractivity contribution is -0.0191. The van der Waals surface area contributed by atoms with Crippen LogP contribution in [0.15, 0.2) is 22.8 Å². The Kier molecular flexibility index (Phi) is 4.98. The van der Waals surface area contributed by atoms with E-state index < -0.39 is 0 Å². The molecule has 2 heterocycles. The van der Waals surface area contributed by atoms with Crippen molar-refractivity contribution in [2.45, 2.75) is 51.2 Å². The van der Waals surface area contributed by atoms with E-state index in [1.165, 1.54) is 19.3 Å². The number of hydrogen-bond acceptors (Lipinski definition) is 3. The summed E-state index contributed by atoms with van der Waals surface area (Å²) in [6.45, 7) is 6.47. The Labute approximate surface area is 124 Å². The number of halogens is 1. The van der Waals surface area contributed by atoms with E-state index in [2.05, 4.69) is 39.7 Å². The minimum absolute atomic E-state index is 0.185. The SMILES string of the molecule is CC(C)(C(O)Cc1ccc(Br)cn1)N1CCCCC1. The van der Waals surface area contributed by atoms with E-state index >= 15 is 0 Å². The van der Waals surface area contributed by atoms with Crippen molar-refractivity contribution in [3.63, 3.8) is 0 Å². The third kappa shape index (κ3) is 3.77. The van der Waals surface area contributed by atoms with E-state index in [0.29, 0.717) is 6.42 Å². The third-order valence-electron chi connectivity index (χ3n) is 4.18. The van der Waals surface area contributed by atoms with Gasteiger partial charge < -0.3 is 5.11 Å². The second-order valence-electron chi connectivity index (χ2n) is 5.89. The van der Waals surface area contributed by atoms with E-state index in [1.807, 2.05) is 12.1 Å². The number of rotatable bonds is 4. The van der Waals surface area contributed by atoms with Gasteiger partial charge in [0.2, 0.25) is 0 Å². The summed E-state index contributed by atoms with van der Waals surface area (Å²) in [5, 5.41) is 10.6. The van der Waals surface area contributed by atoms with Crippen LogP contribution in [0.2, 0.25) is 0 Å². The Morgan fingerprint density at radius 3 is 2.58 bits per heavy atom. The van der Waals surface area contributed by atoms with Crippen molar-refractivity contribution in [3.05, 3.63) is 28.5 Å². The number of nitrogens with zero attached hydrogens (tertiary/aromatic N) is 2. The molecule has 2 rings (SSSR count). The largest absolute Gasteiger partial charge is 0.391 e. The molecule has 0 aromatic carbocycles. The summed E-state index contributed by atoms with van der Waals surface area (Å²) in [6, 6.07) is 3.95. The molecule has 0 amide bonds. The normalized spacial score (nSPS) is 19.4. The molecule has 0 aliphatic carbocycles. The highest BCUT2D eigenvalue weighted by molar-refractivity contribution is 9.10. The van der Waals surface area contributed by atoms with Gasteiger partial charge in [-0.1, -0.05) is 6.42 Å². The van der Waals surface area contributed by atoms with Crippen LogP contribution in [0.4, 0.5) is 0 Å². The Balaban J connectivity index is 2.00. The molecule has 1 N–H and O–H groups in total. The van der Waals surface area contributed by atoms with Gasteiger partial charge in [0.15, 0.2) is 0 Å². The molecule has 1 aliphatic heterocycles. The number of likely N-dealkylation sites (tertiary alicyclic amines) is 1. The fourth-order valence-corrected chi connectivity index (χ4v) is 2.89. The summed E-state index contributed by atoms with van der Waals surface area (Å²) in [4.78, 5) is 6.77. The molecule has 0 saturated carbocycles. The number of aliphatic hydroxyl groups excluding tert-OH is 1. The Hall–Kier alpha value is -0.450. The van der Waals surface area contributed by atoms with Crippen LogP contribution in [0.5, 0.6) is 0 Å². The van der Waals surface area contributed by atoms with Crippen LogP contribution < -0.4 is 0 Å². The average Bonchev–Trinajstić information content (AvgIpc) is 2.42. The minimum Gasteiger partial charge on any atom is -0.391 e. The molecular weight excluding hydrogens is 304 g/mol. The maximum Gasteiger partial charge on any atom is 0.0773 e. The molecule has 0 radical (unpaired) electrons. The molecule has 1 aliphatic rings. The van der Waals surface area contributed by atoms with Crippen LogP contribution in [0.3, 0.4) is 0 Å². The van der Waals surface area contributed by atoms with E-state index in [9.17, 15) is 5.11 Å². The van der Waals surface area contributed by atoms with Crippen molar-refractivity contribution in [2.24, 2.45) is 0 Å². The number of aliphatic hydroxyl groups is 1. The Morgan fingerprint density at radius 2 is 2.00 bits per heavy atom. The predicted octanol–water partition coefficient (Wildman–Crippen LogP) is 3.01. The standard InChI is InChI=1S/C15H23BrN2O/c1-15(2,18-8-4-3-5-9-18)14(19)10-13-7-6-12(16)11-17-13/h6-7,11,14,19H,3-5,8-10H2,1-2H3. The molecule has 106 valence electrons. The van der Waals surface area contributed by atoms with Crippen LogP contribution in [0.25, 0.3) is 0 Å². The molecule has 1 fully saturated rings. The lowest BCUT2D eigenvalue weighted by Crippen LogP contribution is -2.54. The van der Waals surface area contributed by atoms with Crippen LogP contribution in [-0.4, -0.2) is 39.7 Å².